The van der Waals surface area contributed by atoms with E-state index >= 15 is 0 Å². The zero-order chi connectivity index (χ0) is 46.1. The number of nitrogens with zero attached hydrogens (tertiary/aromatic N) is 7. The summed E-state index contributed by atoms with van der Waals surface area (Å²) < 4.78 is 39.2. The second kappa shape index (κ2) is 19.0. The summed E-state index contributed by atoms with van der Waals surface area (Å²) in [7, 11) is 1.61. The summed E-state index contributed by atoms with van der Waals surface area (Å²) in [5, 5.41) is 20.6. The summed E-state index contributed by atoms with van der Waals surface area (Å²) in [5.41, 5.74) is 5.38. The van der Waals surface area contributed by atoms with Crippen LogP contribution in [0.1, 0.15) is 107 Å². The first-order valence-corrected chi connectivity index (χ1v) is 22.7. The molecule has 2 aromatic carbocycles. The Labute approximate surface area is 379 Å². The fraction of sp³-hybridized carbons (Fsp3) is 0.478. The van der Waals surface area contributed by atoms with Crippen LogP contribution in [0.4, 0.5) is 30.8 Å². The second-order valence-electron chi connectivity index (χ2n) is 17.4. The zero-order valence-electron chi connectivity index (χ0n) is 36.7. The van der Waals surface area contributed by atoms with Gasteiger partial charge in [0.2, 0.25) is 17.7 Å². The number of carbonyl (C=O) groups is 6. The molecule has 0 saturated carbocycles. The number of aryl methyl sites for hydroxylation is 1. The molecular formula is C46H53F2N11O7. The molecule has 9 rings (SSSR count). The lowest BCUT2D eigenvalue weighted by Gasteiger charge is -2.33. The molecule has 5 aliphatic rings. The van der Waals surface area contributed by atoms with Crippen molar-refractivity contribution in [2.75, 3.05) is 56.7 Å². The van der Waals surface area contributed by atoms with Crippen molar-refractivity contribution in [2.45, 2.75) is 95.8 Å². The Morgan fingerprint density at radius 3 is 2.52 bits per heavy atom. The molecule has 348 valence electrons. The third-order valence-electron chi connectivity index (χ3n) is 13.2. The summed E-state index contributed by atoms with van der Waals surface area (Å²) in [6, 6.07) is 7.20. The first-order valence-electron chi connectivity index (χ1n) is 22.7. The van der Waals surface area contributed by atoms with Crippen LogP contribution in [0.15, 0.2) is 42.7 Å². The maximum atomic E-state index is 15.0. The Hall–Kier alpha value is -6.70. The Bertz CT molecular complexity index is 2570. The predicted octanol–water partition coefficient (Wildman–Crippen LogP) is 4.62. The monoisotopic (exact) mass is 909 g/mol. The number of alkyl halides is 2. The molecule has 66 heavy (non-hydrogen) atoms. The topological polar surface area (TPSA) is 205 Å². The van der Waals surface area contributed by atoms with E-state index in [1.807, 2.05) is 11.0 Å². The first-order chi connectivity index (χ1) is 32.0. The van der Waals surface area contributed by atoms with Crippen LogP contribution < -0.4 is 26.2 Å². The SMILES string of the molecule is CNC(=O)N1CCc2c(c(N3CCCc4cc(-c5cnn(CC(=O)NCCCCCNc6ccc7c(c6)C(=O)N(C6CCC(=O)NC6=O)C7=O)c5)c(C(F)F)cc43)nn2C2CCOCC2)C1. The van der Waals surface area contributed by atoms with Crippen LogP contribution in [0.3, 0.4) is 0 Å². The number of ether oxygens (including phenoxy) is 1. The third kappa shape index (κ3) is 8.84. The Morgan fingerprint density at radius 1 is 0.924 bits per heavy atom. The molecule has 0 bridgehead atoms. The zero-order valence-corrected chi connectivity index (χ0v) is 36.7. The number of piperidine rings is 1. The smallest absolute Gasteiger partial charge is 0.317 e. The van der Waals surface area contributed by atoms with Gasteiger partial charge in [0.15, 0.2) is 5.82 Å². The number of unbranched alkanes of at least 4 members (excludes halogenated alkanes) is 2. The summed E-state index contributed by atoms with van der Waals surface area (Å²) in [6.45, 7) is 3.72. The number of halogens is 2. The van der Waals surface area contributed by atoms with Crippen molar-refractivity contribution in [3.63, 3.8) is 0 Å². The van der Waals surface area contributed by atoms with E-state index in [9.17, 15) is 37.5 Å². The standard InChI is InChI=1S/C46H53F2N11O7/c1-49-46(65)55-17-11-36-35(25-55)42(54-59(36)30-12-18-66-19-13-30)57-16-5-6-27-20-32(33(41(47)48)22-38(27)57)28-23-52-56(24-28)26-40(61)51-15-4-2-3-14-50-29-7-8-31-34(21-29)45(64)58(44(31)63)37-9-10-39(60)53-43(37)62/h7-8,20-24,30,37,41,50H,2-6,9-19,25-26H2,1H3,(H,49,65)(H,51,61)(H,53,60,62). The molecule has 7 amide bonds. The Balaban J connectivity index is 0.791. The highest BCUT2D eigenvalue weighted by atomic mass is 19.3. The highest BCUT2D eigenvalue weighted by Gasteiger charge is 2.45. The molecule has 4 N–H and O–H groups in total. The number of hydrogen-bond acceptors (Lipinski definition) is 11. The van der Waals surface area contributed by atoms with E-state index in [2.05, 4.69) is 31.0 Å². The minimum Gasteiger partial charge on any atom is -0.385 e. The lowest BCUT2D eigenvalue weighted by Crippen LogP contribution is -2.54. The van der Waals surface area contributed by atoms with Crippen molar-refractivity contribution < 1.29 is 42.3 Å². The fourth-order valence-electron chi connectivity index (χ4n) is 9.77. The van der Waals surface area contributed by atoms with Crippen molar-refractivity contribution in [3.8, 4) is 11.1 Å². The van der Waals surface area contributed by atoms with E-state index in [1.165, 1.54) is 10.9 Å². The molecule has 20 heteroatoms. The van der Waals surface area contributed by atoms with Crippen molar-refractivity contribution >= 4 is 52.8 Å². The molecule has 4 aromatic rings. The number of amides is 7. The van der Waals surface area contributed by atoms with Crippen LogP contribution in [0.25, 0.3) is 11.1 Å². The lowest BCUT2D eigenvalue weighted by atomic mass is 9.92. The van der Waals surface area contributed by atoms with Crippen LogP contribution in [-0.4, -0.2) is 117 Å². The normalized spacial score (nSPS) is 18.6. The molecule has 1 unspecified atom stereocenters. The molecule has 5 aliphatic heterocycles. The molecule has 2 aromatic heterocycles. The van der Waals surface area contributed by atoms with E-state index in [1.54, 1.807) is 42.4 Å². The van der Waals surface area contributed by atoms with Crippen LogP contribution in [0.5, 0.6) is 0 Å². The van der Waals surface area contributed by atoms with Gasteiger partial charge in [-0.15, -0.1) is 0 Å². The molecule has 1 atom stereocenters. The maximum Gasteiger partial charge on any atom is 0.317 e. The summed E-state index contributed by atoms with van der Waals surface area (Å²) >= 11 is 0. The van der Waals surface area contributed by atoms with Crippen molar-refractivity contribution in [3.05, 3.63) is 76.2 Å². The summed E-state index contributed by atoms with van der Waals surface area (Å²) in [6.07, 6.45) is 6.48. The Kier molecular flexibility index (Phi) is 12.8. The average molecular weight is 910 g/mol. The molecule has 0 aliphatic carbocycles. The highest BCUT2D eigenvalue weighted by molar-refractivity contribution is 6.23. The fourth-order valence-corrected chi connectivity index (χ4v) is 9.77. The van der Waals surface area contributed by atoms with Crippen LogP contribution >= 0.6 is 0 Å². The van der Waals surface area contributed by atoms with Gasteiger partial charge in [0, 0.05) is 99.2 Å². The molecule has 0 radical (unpaired) electrons. The molecule has 7 heterocycles. The van der Waals surface area contributed by atoms with Gasteiger partial charge in [-0.1, -0.05) is 0 Å². The molecular weight excluding hydrogens is 857 g/mol. The van der Waals surface area contributed by atoms with Crippen molar-refractivity contribution in [1.82, 2.24) is 45.3 Å². The molecule has 2 fully saturated rings. The number of nitrogens with one attached hydrogen (secondary N) is 4. The van der Waals surface area contributed by atoms with E-state index in [0.717, 1.165) is 53.8 Å². The number of urea groups is 1. The number of imide groups is 2. The summed E-state index contributed by atoms with van der Waals surface area (Å²) in [5.74, 6) is -1.78. The largest absolute Gasteiger partial charge is 0.385 e. The van der Waals surface area contributed by atoms with Crippen molar-refractivity contribution in [1.29, 1.82) is 0 Å². The number of benzene rings is 2. The van der Waals surface area contributed by atoms with Gasteiger partial charge >= 0.3 is 6.03 Å². The Morgan fingerprint density at radius 2 is 1.73 bits per heavy atom. The summed E-state index contributed by atoms with van der Waals surface area (Å²) in [4.78, 5) is 80.4. The quantitative estimate of drug-likeness (QED) is 0.102. The predicted molar refractivity (Wildman–Crippen MR) is 236 cm³/mol. The van der Waals surface area contributed by atoms with Gasteiger partial charge in [0.05, 0.1) is 29.9 Å². The van der Waals surface area contributed by atoms with Gasteiger partial charge in [-0.25, -0.2) is 13.6 Å². The minimum absolute atomic E-state index is 0.0492. The highest BCUT2D eigenvalue weighted by Crippen LogP contribution is 2.44. The number of anilines is 3. The van der Waals surface area contributed by atoms with E-state index in [4.69, 9.17) is 9.84 Å². The number of fused-ring (bicyclic) bond motifs is 3. The van der Waals surface area contributed by atoms with E-state index in [-0.39, 0.29) is 54.1 Å². The van der Waals surface area contributed by atoms with Crippen LogP contribution in [0, 0.1) is 0 Å². The number of hydrogen-bond donors (Lipinski definition) is 4. The maximum absolute atomic E-state index is 15.0. The van der Waals surface area contributed by atoms with Crippen LogP contribution in [-0.2, 0) is 45.1 Å². The number of carbonyl (C=O) groups excluding carboxylic acids is 6. The van der Waals surface area contributed by atoms with E-state index in [0.29, 0.717) is 93.5 Å². The molecule has 18 nitrogen and oxygen atoms in total. The van der Waals surface area contributed by atoms with Gasteiger partial charge in [-0.2, -0.15) is 10.2 Å². The van der Waals surface area contributed by atoms with Crippen LogP contribution in [0.2, 0.25) is 0 Å². The van der Waals surface area contributed by atoms with E-state index < -0.39 is 36.1 Å². The molecule has 0 spiro atoms. The number of aromatic nitrogens is 4. The van der Waals surface area contributed by atoms with Gasteiger partial charge in [0.25, 0.3) is 18.2 Å². The minimum atomic E-state index is -2.78. The third-order valence-corrected chi connectivity index (χ3v) is 13.2. The first kappa shape index (κ1) is 44.5. The lowest BCUT2D eigenvalue weighted by molar-refractivity contribution is -0.136. The van der Waals surface area contributed by atoms with Gasteiger partial charge < -0.3 is 30.5 Å². The second-order valence-corrected chi connectivity index (χ2v) is 17.4. The van der Waals surface area contributed by atoms with Gasteiger partial charge in [-0.3, -0.25) is 43.6 Å². The van der Waals surface area contributed by atoms with Crippen molar-refractivity contribution in [2.24, 2.45) is 0 Å². The molecule has 2 saturated heterocycles. The average Bonchev–Trinajstić information content (AvgIpc) is 4.01. The van der Waals surface area contributed by atoms with Gasteiger partial charge in [-0.05, 0) is 92.8 Å². The van der Waals surface area contributed by atoms with Gasteiger partial charge in [0.1, 0.15) is 12.6 Å². The number of rotatable bonds is 14.